The van der Waals surface area contributed by atoms with E-state index in [1.54, 1.807) is 88.6 Å². The van der Waals surface area contributed by atoms with E-state index in [0.717, 1.165) is 19.6 Å². The number of halogens is 3. The topological polar surface area (TPSA) is 333 Å². The number of aliphatic hydroxyl groups is 1. The maximum atomic E-state index is 11.9. The maximum absolute atomic E-state index is 11.9. The molecule has 30 heteroatoms. The van der Waals surface area contributed by atoms with Gasteiger partial charge < -0.3 is 57.9 Å². The van der Waals surface area contributed by atoms with Crippen molar-refractivity contribution in [1.29, 1.82) is 0 Å². The van der Waals surface area contributed by atoms with Gasteiger partial charge in [0.05, 0.1) is 56.6 Å². The van der Waals surface area contributed by atoms with Gasteiger partial charge in [-0.05, 0) is 196 Å². The molecule has 0 heterocycles. The van der Waals surface area contributed by atoms with Crippen molar-refractivity contribution in [2.24, 2.45) is 0 Å². The van der Waals surface area contributed by atoms with Crippen LogP contribution in [0.15, 0.2) is 141 Å². The number of aliphatic carboxylic acids is 3. The number of carboxylic acid groups (broad SMARTS) is 3. The molecule has 0 aromatic heterocycles. The van der Waals surface area contributed by atoms with Crippen LogP contribution >= 0.6 is 47.0 Å². The van der Waals surface area contributed by atoms with Gasteiger partial charge in [0.25, 0.3) is 0 Å². The second kappa shape index (κ2) is 70.3. The molecule has 4 rings (SSSR count). The molecule has 0 aliphatic rings. The molecule has 1 radical (unpaired) electrons. The third-order valence-corrected chi connectivity index (χ3v) is 20.8. The van der Waals surface area contributed by atoms with Crippen LogP contribution in [0, 0.1) is 0 Å². The fourth-order valence-corrected chi connectivity index (χ4v) is 14.7. The van der Waals surface area contributed by atoms with E-state index in [-0.39, 0.29) is 162 Å². The van der Waals surface area contributed by atoms with Gasteiger partial charge in [-0.25, -0.2) is 0 Å². The number of benzene rings is 4. The van der Waals surface area contributed by atoms with E-state index >= 15 is 0 Å². The summed E-state index contributed by atoms with van der Waals surface area (Å²) in [6, 6.07) is 39.5. The van der Waals surface area contributed by atoms with Crippen molar-refractivity contribution >= 4 is 120 Å². The second-order valence-corrected chi connectivity index (χ2v) is 35.5. The number of aliphatic hydroxyl groups excluding tert-OH is 1. The fraction of sp³-hybridized carbons (Fsp3) is 0.598. The number of carbonyl (C=O) groups is 11. The van der Waals surface area contributed by atoms with Gasteiger partial charge in [-0.1, -0.05) is 115 Å². The lowest BCUT2D eigenvalue weighted by Gasteiger charge is -2.29. The predicted octanol–water partition coefficient (Wildman–Crippen LogP) is 21.1. The summed E-state index contributed by atoms with van der Waals surface area (Å²) >= 11 is 6.56. The van der Waals surface area contributed by atoms with Crippen LogP contribution in [-0.2, 0) is 85.9 Å². The highest BCUT2D eigenvalue weighted by atomic mass is 32.2. The lowest BCUT2D eigenvalue weighted by atomic mass is 9.98. The molecule has 4 aromatic rings. The zero-order valence-electron chi connectivity index (χ0n) is 71.5. The highest BCUT2D eigenvalue weighted by molar-refractivity contribution is 8.01. The molecule has 4 aromatic carbocycles. The third kappa shape index (κ3) is 73.3. The Bertz CT molecular complexity index is 3120. The molecule has 4 N–H and O–H groups in total. The van der Waals surface area contributed by atoms with Gasteiger partial charge in [-0.3, -0.25) is 52.7 Å². The molecule has 0 saturated heterocycles. The van der Waals surface area contributed by atoms with Crippen LogP contribution in [0.3, 0.4) is 0 Å². The van der Waals surface area contributed by atoms with E-state index in [2.05, 4.69) is 18.6 Å². The first-order chi connectivity index (χ1) is 54.4. The van der Waals surface area contributed by atoms with Crippen LogP contribution in [0.2, 0.25) is 6.32 Å². The van der Waals surface area contributed by atoms with Gasteiger partial charge in [-0.2, -0.15) is 0 Å². The zero-order chi connectivity index (χ0) is 89.3. The Hall–Kier alpha value is -7.54. The van der Waals surface area contributed by atoms with Crippen molar-refractivity contribution in [2.45, 2.75) is 342 Å². The predicted molar refractivity (Wildman–Crippen MR) is 462 cm³/mol. The van der Waals surface area contributed by atoms with E-state index in [0.29, 0.717) is 97.3 Å². The number of methoxy groups -OCH3 is 1. The summed E-state index contributed by atoms with van der Waals surface area (Å²) in [5.41, 5.74) is 0. The minimum absolute atomic E-state index is 0. The highest BCUT2D eigenvalue weighted by Gasteiger charge is 2.32. The number of carbonyl (C=O) groups excluding carboxylic acids is 8. The molecule has 1 unspecified atom stereocenters. The Morgan fingerprint density at radius 1 is 0.333 bits per heavy atom. The molecule has 0 saturated carbocycles. The standard InChI is InChI=1S/2C20H30O4S.C15H20O4S.C14H18O4S.C13H22O5.C2H5BF.C2H6O.CH4.F2/c2*1-15(2)23-18(21)11-13-20(5,14-12-19(22)24-16(3)4)25-17-9-7-6-8-10-17;1-15(10-8-13(16)17,11-9-14(18)19-2)20-12-6-4-3-5-7-12;1-14(9-7-12(15)16,10-8-13(17)18)19-11-5-3-2-4-6-11;1-9(2)17-12(15)7-5-11(14)6-8-13(16)18-10(3)4;1-2-3-4;1-2-3;;1-2/h2*6-10,15-16H,11-14H2,1-5H3;3-7H,8-11H2,1-2H3,(H,16,17);2-6H,7-10H2,1H3,(H,15,16)(H,17,18);9-10H,5-8H2,1-4H3;2H2,1H3;3H,2H2,1H3;1H4;. The summed E-state index contributed by atoms with van der Waals surface area (Å²) in [5, 5.41) is 34.0. The van der Waals surface area contributed by atoms with E-state index in [9.17, 15) is 57.1 Å². The van der Waals surface area contributed by atoms with Gasteiger partial charge in [0, 0.05) is 119 Å². The Morgan fingerprint density at radius 2 is 0.496 bits per heavy atom. The van der Waals surface area contributed by atoms with Crippen molar-refractivity contribution < 1.29 is 120 Å². The number of ether oxygens (including phenoxy) is 7. The summed E-state index contributed by atoms with van der Waals surface area (Å²) in [6.45, 7) is 33.6. The molecule has 22 nitrogen and oxygen atoms in total. The van der Waals surface area contributed by atoms with Crippen LogP contribution in [0.1, 0.15) is 260 Å². The number of hydrogen-bond donors (Lipinski definition) is 4. The minimum Gasteiger partial charge on any atom is -0.481 e. The molecule has 663 valence electrons. The molecule has 0 bridgehead atoms. The van der Waals surface area contributed by atoms with Crippen LogP contribution in [-0.4, -0.2) is 163 Å². The normalized spacial score (nSPS) is 11.2. The van der Waals surface area contributed by atoms with Gasteiger partial charge >= 0.3 is 67.2 Å². The summed E-state index contributed by atoms with van der Waals surface area (Å²) < 4.78 is 60.8. The van der Waals surface area contributed by atoms with Crippen LogP contribution in [0.25, 0.3) is 0 Å². The average Bonchev–Trinajstić information content (AvgIpc) is 0.880. The van der Waals surface area contributed by atoms with Gasteiger partial charge in [-0.15, -0.1) is 47.0 Å². The number of hydrogen-bond acceptors (Lipinski definition) is 23. The first kappa shape index (κ1) is 118. The first-order valence-electron chi connectivity index (χ1n) is 38.9. The van der Waals surface area contributed by atoms with Gasteiger partial charge in [0.15, 0.2) is 0 Å². The minimum atomic E-state index is -0.852. The van der Waals surface area contributed by atoms with Crippen molar-refractivity contribution in [3.05, 3.63) is 121 Å². The van der Waals surface area contributed by atoms with Crippen molar-refractivity contribution in [1.82, 2.24) is 0 Å². The van der Waals surface area contributed by atoms with E-state index < -0.39 is 17.9 Å². The van der Waals surface area contributed by atoms with Crippen LogP contribution < -0.4 is 0 Å². The zero-order valence-corrected chi connectivity index (χ0v) is 74.8. The number of rotatable bonds is 45. The van der Waals surface area contributed by atoms with Crippen LogP contribution in [0.4, 0.5) is 13.5 Å². The Morgan fingerprint density at radius 3 is 0.650 bits per heavy atom. The van der Waals surface area contributed by atoms with Gasteiger partial charge in [0.1, 0.15) is 5.78 Å². The molecule has 0 fully saturated rings. The number of thioether (sulfide) groups is 4. The van der Waals surface area contributed by atoms with E-state index in [1.165, 1.54) is 7.11 Å². The quantitative estimate of drug-likeness (QED) is 0.0138. The monoisotopic (exact) mass is 1730 g/mol. The first-order valence-corrected chi connectivity index (χ1v) is 42.2. The van der Waals surface area contributed by atoms with E-state index in [4.69, 9.17) is 58.0 Å². The smallest absolute Gasteiger partial charge is 0.354 e. The van der Waals surface area contributed by atoms with Crippen molar-refractivity contribution in [3.63, 3.8) is 0 Å². The molecule has 117 heavy (non-hydrogen) atoms. The SMILES string of the molecule is C.CC(C)OC(=O)CCC(=O)CCC(=O)OC(C)C.CC(C)OC(=O)CCC(C)(CCC(=O)OC(C)C)Sc1ccccc1.CC(C)OC(=O)CCC(C)(CCC(=O)OC(C)C)Sc1ccccc1.CC(CCC(=O)O)(CCC(=O)O)Sc1ccccc1.CCO.CC[B]F.COC(=O)CCC(C)(CCC(=O)O)Sc1ccccc1.FF. The average molecular weight is 1730 g/mol. The largest absolute Gasteiger partial charge is 0.481 e. The molecule has 1 atom stereocenters. The summed E-state index contributed by atoms with van der Waals surface area (Å²) in [7, 11) is 1.99. The highest BCUT2D eigenvalue weighted by Crippen LogP contribution is 2.44. The fourth-order valence-electron chi connectivity index (χ4n) is 9.59. The maximum Gasteiger partial charge on any atom is 0.354 e. The number of Topliss-reactive ketones (excluding diaryl/α,β-unsaturated/α-hetero) is 1. The van der Waals surface area contributed by atoms with Crippen molar-refractivity contribution in [2.75, 3.05) is 13.7 Å². The summed E-state index contributed by atoms with van der Waals surface area (Å²) in [5.74, 6) is -4.46. The molecular weight excluding hydrogens is 1590 g/mol. The van der Waals surface area contributed by atoms with Crippen molar-refractivity contribution in [3.8, 4) is 0 Å². The molecule has 0 amide bonds. The lowest BCUT2D eigenvalue weighted by molar-refractivity contribution is -0.150. The van der Waals surface area contributed by atoms with E-state index in [1.807, 2.05) is 191 Å². The molecular formula is C87H135BF3O22S4. The second-order valence-electron chi connectivity index (χ2n) is 28.9. The Labute approximate surface area is 712 Å². The van der Waals surface area contributed by atoms with Crippen LogP contribution in [0.5, 0.6) is 0 Å². The summed E-state index contributed by atoms with van der Waals surface area (Å²) in [6.07, 6.45) is 6.55. The number of carboxylic acids is 3. The summed E-state index contributed by atoms with van der Waals surface area (Å²) in [4.78, 5) is 129. The Kier molecular flexibility index (Phi) is 70.9. The third-order valence-electron chi connectivity index (χ3n) is 15.1. The lowest BCUT2D eigenvalue weighted by Crippen LogP contribution is -2.25. The molecule has 0 aliphatic heterocycles. The number of ketones is 1. The molecule has 0 spiro atoms. The Balaban J connectivity index is -0.000000436. The number of esters is 7. The molecule has 0 aliphatic carbocycles. The van der Waals surface area contributed by atoms with Gasteiger partial charge in [0.2, 0.25) is 0 Å².